The summed E-state index contributed by atoms with van der Waals surface area (Å²) in [5.41, 5.74) is 1.74. The largest absolute Gasteiger partial charge is 0.331 e. The van der Waals surface area contributed by atoms with Crippen LogP contribution in [0.1, 0.15) is 11.1 Å². The van der Waals surface area contributed by atoms with E-state index in [1.54, 1.807) is 31.3 Å². The van der Waals surface area contributed by atoms with Crippen LogP contribution in [0.3, 0.4) is 0 Å². The van der Waals surface area contributed by atoms with Crippen molar-refractivity contribution < 1.29 is 13.2 Å². The van der Waals surface area contributed by atoms with Crippen molar-refractivity contribution in [2.75, 3.05) is 13.6 Å². The number of carbonyl (C=O) groups excluding carboxylic acids is 1. The summed E-state index contributed by atoms with van der Waals surface area (Å²) in [7, 11) is -2.32. The Morgan fingerprint density at radius 2 is 1.76 bits per heavy atom. The molecular weight excluding hydrogens is 360 g/mol. The fourth-order valence-corrected chi connectivity index (χ4v) is 2.95. The first-order chi connectivity index (χ1) is 11.9. The van der Waals surface area contributed by atoms with Crippen LogP contribution in [-0.4, -0.2) is 32.9 Å². The normalized spacial score (nSPS) is 11.4. The molecule has 1 N–H and O–H groups in total. The summed E-state index contributed by atoms with van der Waals surface area (Å²) in [6.07, 6.45) is 2.04. The number of carbonyl (C=O) groups is 1. The van der Waals surface area contributed by atoms with E-state index in [2.05, 4.69) is 0 Å². The first-order valence-electron chi connectivity index (χ1n) is 7.61. The zero-order valence-corrected chi connectivity index (χ0v) is 15.3. The molecule has 0 bridgehead atoms. The fraction of sp³-hybridized carbons (Fsp3) is 0.167. The summed E-state index contributed by atoms with van der Waals surface area (Å²) in [5.74, 6) is 0. The second-order valence-corrected chi connectivity index (χ2v) is 7.47. The molecule has 0 spiro atoms. The Morgan fingerprint density at radius 1 is 1.12 bits per heavy atom. The minimum atomic E-state index is -3.87. The molecule has 0 aliphatic carbocycles. The van der Waals surface area contributed by atoms with Crippen LogP contribution in [0.5, 0.6) is 0 Å². The minimum Gasteiger partial charge on any atom is -0.327 e. The second kappa shape index (κ2) is 8.69. The molecule has 0 atom stereocenters. The predicted molar refractivity (Wildman–Crippen MR) is 101 cm³/mol. The van der Waals surface area contributed by atoms with E-state index in [0.29, 0.717) is 23.6 Å². The lowest BCUT2D eigenvalue weighted by atomic mass is 10.1. The second-order valence-electron chi connectivity index (χ2n) is 5.46. The van der Waals surface area contributed by atoms with Crippen molar-refractivity contribution in [1.29, 1.82) is 0 Å². The minimum absolute atomic E-state index is 0.409. The number of urea groups is 1. The first kappa shape index (κ1) is 19.0. The average molecular weight is 379 g/mol. The summed E-state index contributed by atoms with van der Waals surface area (Å²) < 4.78 is 26.0. The summed E-state index contributed by atoms with van der Waals surface area (Å²) in [5, 5.41) is 1.52. The van der Waals surface area contributed by atoms with E-state index < -0.39 is 16.1 Å². The molecule has 0 radical (unpaired) electrons. The van der Waals surface area contributed by atoms with Crippen LogP contribution in [0.25, 0.3) is 6.08 Å². The Balaban J connectivity index is 1.90. The van der Waals surface area contributed by atoms with Gasteiger partial charge in [-0.2, -0.15) is 0 Å². The Labute approximate surface area is 153 Å². The third kappa shape index (κ3) is 6.60. The van der Waals surface area contributed by atoms with Crippen molar-refractivity contribution in [2.24, 2.45) is 0 Å². The van der Waals surface area contributed by atoms with Crippen molar-refractivity contribution in [3.8, 4) is 0 Å². The Bertz CT molecular complexity index is 834. The van der Waals surface area contributed by atoms with E-state index in [4.69, 9.17) is 11.6 Å². The molecule has 0 fully saturated rings. The van der Waals surface area contributed by atoms with Gasteiger partial charge in [0, 0.05) is 18.6 Å². The van der Waals surface area contributed by atoms with Crippen molar-refractivity contribution in [3.63, 3.8) is 0 Å². The molecule has 25 heavy (non-hydrogen) atoms. The summed E-state index contributed by atoms with van der Waals surface area (Å²) in [4.78, 5) is 13.4. The Hall–Kier alpha value is -2.31. The van der Waals surface area contributed by atoms with Gasteiger partial charge < -0.3 is 4.90 Å². The molecule has 0 heterocycles. The number of halogens is 1. The van der Waals surface area contributed by atoms with Crippen LogP contribution in [0.4, 0.5) is 4.79 Å². The molecule has 0 aliphatic rings. The van der Waals surface area contributed by atoms with E-state index in [-0.39, 0.29) is 0 Å². The van der Waals surface area contributed by atoms with Gasteiger partial charge in [-0.15, -0.1) is 0 Å². The van der Waals surface area contributed by atoms with Crippen LogP contribution < -0.4 is 4.72 Å². The van der Waals surface area contributed by atoms with Crippen LogP contribution in [0, 0.1) is 0 Å². The van der Waals surface area contributed by atoms with E-state index in [9.17, 15) is 13.2 Å². The van der Waals surface area contributed by atoms with Gasteiger partial charge in [0.05, 0.1) is 5.41 Å². The number of nitrogens with zero attached hydrogens (tertiary/aromatic N) is 1. The maximum absolute atomic E-state index is 12.0. The van der Waals surface area contributed by atoms with Crippen molar-refractivity contribution in [2.45, 2.75) is 6.42 Å². The van der Waals surface area contributed by atoms with Gasteiger partial charge in [0.25, 0.3) is 10.0 Å². The zero-order valence-electron chi connectivity index (χ0n) is 13.7. The number of nitrogens with one attached hydrogen (secondary N) is 1. The molecule has 2 aromatic rings. The molecule has 0 saturated heterocycles. The van der Waals surface area contributed by atoms with Crippen LogP contribution in [0.2, 0.25) is 5.02 Å². The maximum Gasteiger partial charge on any atom is 0.331 e. The van der Waals surface area contributed by atoms with E-state index >= 15 is 0 Å². The van der Waals surface area contributed by atoms with Crippen LogP contribution >= 0.6 is 11.6 Å². The van der Waals surface area contributed by atoms with Gasteiger partial charge in [-0.05, 0) is 35.8 Å². The summed E-state index contributed by atoms with van der Waals surface area (Å²) >= 11 is 5.77. The highest BCUT2D eigenvalue weighted by molar-refractivity contribution is 7.93. The van der Waals surface area contributed by atoms with Gasteiger partial charge in [0.15, 0.2) is 0 Å². The van der Waals surface area contributed by atoms with Gasteiger partial charge in [-0.25, -0.2) is 17.9 Å². The predicted octanol–water partition coefficient (Wildman–Crippen LogP) is 3.52. The quantitative estimate of drug-likeness (QED) is 0.836. The van der Waals surface area contributed by atoms with Crippen molar-refractivity contribution in [1.82, 2.24) is 9.62 Å². The highest BCUT2D eigenvalue weighted by Crippen LogP contribution is 2.11. The Morgan fingerprint density at radius 3 is 2.40 bits per heavy atom. The lowest BCUT2D eigenvalue weighted by Gasteiger charge is -2.17. The standard InChI is InChI=1S/C18H19ClN2O3S/c1-21(13-11-15-5-3-2-4-6-15)18(22)20-25(23,24)14-12-16-7-9-17(19)10-8-16/h2-10,12,14H,11,13H2,1H3,(H,20,22). The number of hydrogen-bond acceptors (Lipinski definition) is 3. The SMILES string of the molecule is CN(CCc1ccccc1)C(=O)NS(=O)(=O)C=Cc1ccc(Cl)cc1. The third-order valence-corrected chi connectivity index (χ3v) is 4.67. The number of rotatable bonds is 6. The highest BCUT2D eigenvalue weighted by Gasteiger charge is 2.15. The van der Waals surface area contributed by atoms with Crippen LogP contribution in [-0.2, 0) is 16.4 Å². The molecule has 2 amide bonds. The van der Waals surface area contributed by atoms with E-state index in [0.717, 1.165) is 11.0 Å². The van der Waals surface area contributed by atoms with Gasteiger partial charge >= 0.3 is 6.03 Å². The molecule has 0 aromatic heterocycles. The van der Waals surface area contributed by atoms with Crippen molar-refractivity contribution >= 4 is 33.7 Å². The molecule has 132 valence electrons. The molecule has 7 heteroatoms. The van der Waals surface area contributed by atoms with Gasteiger partial charge in [-0.3, -0.25) is 0 Å². The summed E-state index contributed by atoms with van der Waals surface area (Å²) in [6, 6.07) is 15.7. The zero-order chi connectivity index (χ0) is 18.3. The molecule has 2 aromatic carbocycles. The number of benzene rings is 2. The lowest BCUT2D eigenvalue weighted by Crippen LogP contribution is -2.40. The molecule has 0 saturated carbocycles. The lowest BCUT2D eigenvalue weighted by molar-refractivity contribution is 0.215. The maximum atomic E-state index is 12.0. The van der Waals surface area contributed by atoms with Gasteiger partial charge in [0.1, 0.15) is 0 Å². The van der Waals surface area contributed by atoms with Crippen molar-refractivity contribution in [3.05, 3.63) is 76.2 Å². The number of hydrogen-bond donors (Lipinski definition) is 1. The highest BCUT2D eigenvalue weighted by atomic mass is 35.5. The number of sulfonamides is 1. The number of likely N-dealkylation sites (N-methyl/N-ethyl adjacent to an activating group) is 1. The summed E-state index contributed by atoms with van der Waals surface area (Å²) in [6.45, 7) is 0.409. The van der Waals surface area contributed by atoms with Crippen LogP contribution in [0.15, 0.2) is 60.0 Å². The van der Waals surface area contributed by atoms with E-state index in [1.807, 2.05) is 35.1 Å². The first-order valence-corrected chi connectivity index (χ1v) is 9.54. The van der Waals surface area contributed by atoms with Gasteiger partial charge in [-0.1, -0.05) is 54.1 Å². The smallest absolute Gasteiger partial charge is 0.327 e. The molecule has 2 rings (SSSR count). The topological polar surface area (TPSA) is 66.5 Å². The molecular formula is C18H19ClN2O3S. The fourth-order valence-electron chi connectivity index (χ4n) is 2.02. The molecule has 0 unspecified atom stereocenters. The van der Waals surface area contributed by atoms with Gasteiger partial charge in [0.2, 0.25) is 0 Å². The Kier molecular flexibility index (Phi) is 6.61. The number of amides is 2. The average Bonchev–Trinajstić information content (AvgIpc) is 2.59. The third-order valence-electron chi connectivity index (χ3n) is 3.46. The van der Waals surface area contributed by atoms with E-state index in [1.165, 1.54) is 11.0 Å². The molecule has 0 aliphatic heterocycles. The molecule has 5 nitrogen and oxygen atoms in total. The monoisotopic (exact) mass is 378 g/mol.